The second kappa shape index (κ2) is 5.37. The summed E-state index contributed by atoms with van der Waals surface area (Å²) in [5.74, 6) is -0.276. The van der Waals surface area contributed by atoms with E-state index in [0.29, 0.717) is 0 Å². The van der Waals surface area contributed by atoms with Crippen molar-refractivity contribution in [2.45, 2.75) is 25.4 Å². The SMILES string of the molecule is CN(CCNC1CC1)Cc1ccc(F)cn1. The van der Waals surface area contributed by atoms with E-state index in [4.69, 9.17) is 0 Å². The summed E-state index contributed by atoms with van der Waals surface area (Å²) >= 11 is 0. The summed E-state index contributed by atoms with van der Waals surface area (Å²) in [6, 6.07) is 3.95. The fourth-order valence-electron chi connectivity index (χ4n) is 1.60. The zero-order valence-electron chi connectivity index (χ0n) is 9.62. The highest BCUT2D eigenvalue weighted by Crippen LogP contribution is 2.17. The smallest absolute Gasteiger partial charge is 0.141 e. The number of aromatic nitrogens is 1. The van der Waals surface area contributed by atoms with Crippen LogP contribution in [0.25, 0.3) is 0 Å². The van der Waals surface area contributed by atoms with Crippen LogP contribution in [0.3, 0.4) is 0 Å². The molecule has 1 fully saturated rings. The standard InChI is InChI=1S/C12H18FN3/c1-16(7-6-14-11-4-5-11)9-12-3-2-10(13)8-15-12/h2-3,8,11,14H,4-7,9H2,1H3. The molecule has 0 atom stereocenters. The lowest BCUT2D eigenvalue weighted by Crippen LogP contribution is -2.30. The molecule has 1 saturated carbocycles. The van der Waals surface area contributed by atoms with E-state index < -0.39 is 0 Å². The van der Waals surface area contributed by atoms with Gasteiger partial charge < -0.3 is 5.32 Å². The number of pyridine rings is 1. The third kappa shape index (κ3) is 3.87. The van der Waals surface area contributed by atoms with Crippen molar-refractivity contribution >= 4 is 0 Å². The van der Waals surface area contributed by atoms with Crippen LogP contribution in [0.5, 0.6) is 0 Å². The molecule has 2 rings (SSSR count). The Labute approximate surface area is 95.7 Å². The van der Waals surface area contributed by atoms with Crippen LogP contribution in [-0.2, 0) is 6.54 Å². The molecular weight excluding hydrogens is 205 g/mol. The molecule has 1 aliphatic carbocycles. The molecule has 0 aliphatic heterocycles. The van der Waals surface area contributed by atoms with Gasteiger partial charge in [0.1, 0.15) is 5.82 Å². The first kappa shape index (κ1) is 11.5. The molecule has 88 valence electrons. The average Bonchev–Trinajstić information content (AvgIpc) is 3.05. The minimum absolute atomic E-state index is 0.276. The highest BCUT2D eigenvalue weighted by atomic mass is 19.1. The van der Waals surface area contributed by atoms with Crippen molar-refractivity contribution in [1.82, 2.24) is 15.2 Å². The first-order valence-corrected chi connectivity index (χ1v) is 5.76. The topological polar surface area (TPSA) is 28.2 Å². The second-order valence-electron chi connectivity index (χ2n) is 4.43. The zero-order valence-corrected chi connectivity index (χ0v) is 9.62. The molecule has 0 saturated heterocycles. The normalized spacial score (nSPS) is 15.7. The van der Waals surface area contributed by atoms with Gasteiger partial charge in [0, 0.05) is 25.7 Å². The molecule has 4 heteroatoms. The number of hydrogen-bond acceptors (Lipinski definition) is 3. The van der Waals surface area contributed by atoms with E-state index >= 15 is 0 Å². The summed E-state index contributed by atoms with van der Waals surface area (Å²) in [4.78, 5) is 6.23. The molecule has 1 heterocycles. The molecule has 0 spiro atoms. The highest BCUT2D eigenvalue weighted by Gasteiger charge is 2.19. The van der Waals surface area contributed by atoms with Gasteiger partial charge in [-0.25, -0.2) is 4.39 Å². The summed E-state index contributed by atoms with van der Waals surface area (Å²) < 4.78 is 12.6. The fourth-order valence-corrected chi connectivity index (χ4v) is 1.60. The Morgan fingerprint density at radius 1 is 1.50 bits per heavy atom. The maximum Gasteiger partial charge on any atom is 0.141 e. The zero-order chi connectivity index (χ0) is 11.4. The van der Waals surface area contributed by atoms with Crippen LogP contribution in [-0.4, -0.2) is 36.1 Å². The van der Waals surface area contributed by atoms with E-state index in [0.717, 1.165) is 31.4 Å². The third-order valence-electron chi connectivity index (χ3n) is 2.72. The summed E-state index contributed by atoms with van der Waals surface area (Å²) in [6.07, 6.45) is 3.91. The lowest BCUT2D eigenvalue weighted by atomic mass is 10.3. The highest BCUT2D eigenvalue weighted by molar-refractivity contribution is 5.04. The first-order valence-electron chi connectivity index (χ1n) is 5.76. The van der Waals surface area contributed by atoms with E-state index in [1.807, 2.05) is 0 Å². The van der Waals surface area contributed by atoms with Gasteiger partial charge in [-0.3, -0.25) is 9.88 Å². The number of halogens is 1. The number of nitrogens with one attached hydrogen (secondary N) is 1. The summed E-state index contributed by atoms with van der Waals surface area (Å²) in [5, 5.41) is 3.46. The van der Waals surface area contributed by atoms with Crippen molar-refractivity contribution in [2.75, 3.05) is 20.1 Å². The monoisotopic (exact) mass is 223 g/mol. The molecule has 0 radical (unpaired) electrons. The van der Waals surface area contributed by atoms with Crippen molar-refractivity contribution in [3.8, 4) is 0 Å². The molecule has 1 aromatic rings. The number of likely N-dealkylation sites (N-methyl/N-ethyl adjacent to an activating group) is 1. The van der Waals surface area contributed by atoms with Crippen molar-refractivity contribution in [2.24, 2.45) is 0 Å². The Hall–Kier alpha value is -1.00. The van der Waals surface area contributed by atoms with Gasteiger partial charge >= 0.3 is 0 Å². The number of nitrogens with zero attached hydrogens (tertiary/aromatic N) is 2. The first-order chi connectivity index (χ1) is 7.74. The maximum atomic E-state index is 12.6. The largest absolute Gasteiger partial charge is 0.313 e. The minimum atomic E-state index is -0.276. The van der Waals surface area contributed by atoms with Crippen molar-refractivity contribution in [3.05, 3.63) is 29.8 Å². The Bertz CT molecular complexity index is 322. The molecular formula is C12H18FN3. The van der Waals surface area contributed by atoms with Crippen LogP contribution in [0, 0.1) is 5.82 Å². The summed E-state index contributed by atoms with van der Waals surface area (Å²) in [6.45, 7) is 2.78. The predicted octanol–water partition coefficient (Wildman–Crippen LogP) is 1.40. The van der Waals surface area contributed by atoms with Crippen molar-refractivity contribution < 1.29 is 4.39 Å². The van der Waals surface area contributed by atoms with E-state index in [2.05, 4.69) is 22.2 Å². The van der Waals surface area contributed by atoms with Crippen LogP contribution in [0.4, 0.5) is 4.39 Å². The Morgan fingerprint density at radius 3 is 2.94 bits per heavy atom. The van der Waals surface area contributed by atoms with Crippen LogP contribution in [0.2, 0.25) is 0 Å². The molecule has 0 aromatic carbocycles. The van der Waals surface area contributed by atoms with Gasteiger partial charge in [-0.2, -0.15) is 0 Å². The van der Waals surface area contributed by atoms with E-state index in [1.165, 1.54) is 25.1 Å². The van der Waals surface area contributed by atoms with Crippen molar-refractivity contribution in [3.63, 3.8) is 0 Å². The molecule has 0 unspecified atom stereocenters. The summed E-state index contributed by atoms with van der Waals surface area (Å²) in [5.41, 5.74) is 0.912. The molecule has 1 N–H and O–H groups in total. The van der Waals surface area contributed by atoms with Crippen molar-refractivity contribution in [1.29, 1.82) is 0 Å². The fraction of sp³-hybridized carbons (Fsp3) is 0.583. The van der Waals surface area contributed by atoms with E-state index in [-0.39, 0.29) is 5.82 Å². The number of hydrogen-bond donors (Lipinski definition) is 1. The lowest BCUT2D eigenvalue weighted by Gasteiger charge is -2.16. The van der Waals surface area contributed by atoms with Gasteiger partial charge in [0.05, 0.1) is 11.9 Å². The van der Waals surface area contributed by atoms with Gasteiger partial charge in [-0.15, -0.1) is 0 Å². The van der Waals surface area contributed by atoms with Crippen LogP contribution in [0.1, 0.15) is 18.5 Å². The quantitative estimate of drug-likeness (QED) is 0.790. The molecule has 1 aliphatic rings. The van der Waals surface area contributed by atoms with Gasteiger partial charge in [0.25, 0.3) is 0 Å². The third-order valence-corrected chi connectivity index (χ3v) is 2.72. The Kier molecular flexibility index (Phi) is 3.85. The maximum absolute atomic E-state index is 12.6. The lowest BCUT2D eigenvalue weighted by molar-refractivity contribution is 0.320. The van der Waals surface area contributed by atoms with E-state index in [9.17, 15) is 4.39 Å². The number of rotatable bonds is 6. The molecule has 3 nitrogen and oxygen atoms in total. The van der Waals surface area contributed by atoms with Gasteiger partial charge in [0.2, 0.25) is 0 Å². The Balaban J connectivity index is 1.68. The van der Waals surface area contributed by atoms with Gasteiger partial charge in [-0.05, 0) is 32.0 Å². The summed E-state index contributed by atoms with van der Waals surface area (Å²) in [7, 11) is 2.06. The predicted molar refractivity (Wildman–Crippen MR) is 61.6 cm³/mol. The average molecular weight is 223 g/mol. The van der Waals surface area contributed by atoms with Gasteiger partial charge in [0.15, 0.2) is 0 Å². The minimum Gasteiger partial charge on any atom is -0.313 e. The van der Waals surface area contributed by atoms with Crippen LogP contribution >= 0.6 is 0 Å². The molecule has 16 heavy (non-hydrogen) atoms. The van der Waals surface area contributed by atoms with Crippen LogP contribution in [0.15, 0.2) is 18.3 Å². The van der Waals surface area contributed by atoms with Crippen LogP contribution < -0.4 is 5.32 Å². The molecule has 0 amide bonds. The van der Waals surface area contributed by atoms with Gasteiger partial charge in [-0.1, -0.05) is 0 Å². The molecule has 0 bridgehead atoms. The second-order valence-corrected chi connectivity index (χ2v) is 4.43. The van der Waals surface area contributed by atoms with E-state index in [1.54, 1.807) is 6.07 Å². The molecule has 1 aromatic heterocycles. The Morgan fingerprint density at radius 2 is 2.31 bits per heavy atom.